The Morgan fingerprint density at radius 2 is 2.00 bits per heavy atom. The molecule has 1 rings (SSSR count). The molecule has 0 amide bonds. The van der Waals surface area contributed by atoms with Gasteiger partial charge in [-0.3, -0.25) is 9.19 Å². The molecular formula is C12H19NOS. The Hall–Kier alpha value is -0.700. The molecule has 0 fully saturated rings. The molecule has 0 N–H and O–H groups in total. The van der Waals surface area contributed by atoms with Crippen molar-refractivity contribution in [2.45, 2.75) is 44.4 Å². The van der Waals surface area contributed by atoms with Gasteiger partial charge in [0.2, 0.25) is 0 Å². The van der Waals surface area contributed by atoms with E-state index in [1.165, 1.54) is 0 Å². The van der Waals surface area contributed by atoms with E-state index >= 15 is 0 Å². The first-order valence-electron chi connectivity index (χ1n) is 5.19. The SMILES string of the molecule is CCc1cc(C(C)(C)C)ncc1S(C)=O. The second-order valence-electron chi connectivity index (χ2n) is 4.73. The lowest BCUT2D eigenvalue weighted by Crippen LogP contribution is -2.14. The van der Waals surface area contributed by atoms with Gasteiger partial charge in [0.15, 0.2) is 0 Å². The summed E-state index contributed by atoms with van der Waals surface area (Å²) in [5.41, 5.74) is 2.27. The fourth-order valence-corrected chi connectivity index (χ4v) is 2.20. The molecule has 0 spiro atoms. The molecule has 1 aromatic rings. The van der Waals surface area contributed by atoms with Gasteiger partial charge >= 0.3 is 0 Å². The van der Waals surface area contributed by atoms with Crippen LogP contribution in [0.4, 0.5) is 0 Å². The quantitative estimate of drug-likeness (QED) is 0.774. The van der Waals surface area contributed by atoms with E-state index in [2.05, 4.69) is 38.7 Å². The van der Waals surface area contributed by atoms with Crippen LogP contribution in [-0.4, -0.2) is 15.4 Å². The van der Waals surface area contributed by atoms with Gasteiger partial charge in [-0.15, -0.1) is 0 Å². The van der Waals surface area contributed by atoms with Crippen molar-refractivity contribution >= 4 is 10.8 Å². The molecule has 1 atom stereocenters. The number of hydrogen-bond acceptors (Lipinski definition) is 2. The van der Waals surface area contributed by atoms with E-state index in [4.69, 9.17) is 0 Å². The second kappa shape index (κ2) is 4.44. The number of pyridine rings is 1. The van der Waals surface area contributed by atoms with Crippen LogP contribution < -0.4 is 0 Å². The molecule has 0 saturated heterocycles. The molecule has 15 heavy (non-hydrogen) atoms. The van der Waals surface area contributed by atoms with Gasteiger partial charge in [0.1, 0.15) is 0 Å². The lowest BCUT2D eigenvalue weighted by Gasteiger charge is -2.19. The van der Waals surface area contributed by atoms with Crippen LogP contribution in [0.5, 0.6) is 0 Å². The predicted octanol–water partition coefficient (Wildman–Crippen LogP) is 2.68. The van der Waals surface area contributed by atoms with Gasteiger partial charge in [0, 0.05) is 23.6 Å². The third kappa shape index (κ3) is 2.88. The van der Waals surface area contributed by atoms with E-state index in [-0.39, 0.29) is 5.41 Å². The predicted molar refractivity (Wildman–Crippen MR) is 64.6 cm³/mol. The third-order valence-electron chi connectivity index (χ3n) is 2.41. The minimum absolute atomic E-state index is 0.0533. The Morgan fingerprint density at radius 3 is 2.40 bits per heavy atom. The van der Waals surface area contributed by atoms with Crippen LogP contribution in [0, 0.1) is 0 Å². The van der Waals surface area contributed by atoms with Crippen molar-refractivity contribution in [3.05, 3.63) is 23.5 Å². The Balaban J connectivity index is 3.25. The zero-order valence-electron chi connectivity index (χ0n) is 10.1. The van der Waals surface area contributed by atoms with Gasteiger partial charge in [-0.05, 0) is 18.1 Å². The molecule has 3 heteroatoms. The molecule has 2 nitrogen and oxygen atoms in total. The van der Waals surface area contributed by atoms with Crippen LogP contribution in [0.25, 0.3) is 0 Å². The highest BCUT2D eigenvalue weighted by Gasteiger charge is 2.17. The van der Waals surface area contributed by atoms with E-state index in [9.17, 15) is 4.21 Å². The summed E-state index contributed by atoms with van der Waals surface area (Å²) in [5, 5.41) is 0. The molecule has 0 aromatic carbocycles. The summed E-state index contributed by atoms with van der Waals surface area (Å²) in [6.07, 6.45) is 4.36. The highest BCUT2D eigenvalue weighted by Crippen LogP contribution is 2.23. The molecule has 1 aromatic heterocycles. The lowest BCUT2D eigenvalue weighted by molar-refractivity contribution is 0.566. The maximum atomic E-state index is 11.5. The van der Waals surface area contributed by atoms with Crippen molar-refractivity contribution in [3.8, 4) is 0 Å². The molecule has 1 heterocycles. The van der Waals surface area contributed by atoms with Crippen LogP contribution in [0.3, 0.4) is 0 Å². The van der Waals surface area contributed by atoms with Crippen molar-refractivity contribution in [1.82, 2.24) is 4.98 Å². The number of rotatable bonds is 2. The van der Waals surface area contributed by atoms with Crippen LogP contribution in [0.15, 0.2) is 17.2 Å². The zero-order valence-corrected chi connectivity index (χ0v) is 10.9. The fourth-order valence-electron chi connectivity index (χ4n) is 1.43. The highest BCUT2D eigenvalue weighted by atomic mass is 32.2. The zero-order chi connectivity index (χ0) is 11.6. The topological polar surface area (TPSA) is 30.0 Å². The first-order valence-corrected chi connectivity index (χ1v) is 6.75. The number of aryl methyl sites for hydroxylation is 1. The Labute approximate surface area is 94.6 Å². The van der Waals surface area contributed by atoms with Gasteiger partial charge in [0.25, 0.3) is 0 Å². The van der Waals surface area contributed by atoms with Crippen molar-refractivity contribution in [2.24, 2.45) is 0 Å². The molecule has 0 aliphatic heterocycles. The van der Waals surface area contributed by atoms with E-state index in [1.807, 2.05) is 0 Å². The van der Waals surface area contributed by atoms with Gasteiger partial charge in [-0.2, -0.15) is 0 Å². The normalized spacial score (nSPS) is 13.9. The van der Waals surface area contributed by atoms with Crippen LogP contribution >= 0.6 is 0 Å². The van der Waals surface area contributed by atoms with Crippen molar-refractivity contribution < 1.29 is 4.21 Å². The highest BCUT2D eigenvalue weighted by molar-refractivity contribution is 7.84. The minimum atomic E-state index is -0.938. The maximum Gasteiger partial charge on any atom is 0.0600 e. The molecule has 0 aliphatic rings. The fraction of sp³-hybridized carbons (Fsp3) is 0.583. The molecule has 84 valence electrons. The van der Waals surface area contributed by atoms with Crippen LogP contribution in [0.1, 0.15) is 39.0 Å². The number of nitrogens with zero attached hydrogens (tertiary/aromatic N) is 1. The summed E-state index contributed by atoms with van der Waals surface area (Å²) in [6.45, 7) is 8.49. The Morgan fingerprint density at radius 1 is 1.40 bits per heavy atom. The number of hydrogen-bond donors (Lipinski definition) is 0. The summed E-state index contributed by atoms with van der Waals surface area (Å²) in [7, 11) is -0.938. The summed E-state index contributed by atoms with van der Waals surface area (Å²) < 4.78 is 11.5. The second-order valence-corrected chi connectivity index (χ2v) is 6.08. The smallest absolute Gasteiger partial charge is 0.0600 e. The summed E-state index contributed by atoms with van der Waals surface area (Å²) in [6, 6.07) is 2.08. The van der Waals surface area contributed by atoms with Gasteiger partial charge in [-0.25, -0.2) is 0 Å². The first-order chi connectivity index (χ1) is 6.86. The number of aromatic nitrogens is 1. The van der Waals surface area contributed by atoms with Crippen molar-refractivity contribution in [1.29, 1.82) is 0 Å². The standard InChI is InChI=1S/C12H19NOS/c1-6-9-7-11(12(2,3)4)13-8-10(9)15(5)14/h7-8H,6H2,1-5H3. The van der Waals surface area contributed by atoms with Gasteiger partial charge < -0.3 is 0 Å². The molecule has 1 unspecified atom stereocenters. The van der Waals surface area contributed by atoms with E-state index in [1.54, 1.807) is 12.5 Å². The van der Waals surface area contributed by atoms with Gasteiger partial charge in [-0.1, -0.05) is 27.7 Å². The molecule has 0 radical (unpaired) electrons. The van der Waals surface area contributed by atoms with E-state index < -0.39 is 10.8 Å². The third-order valence-corrected chi connectivity index (χ3v) is 3.39. The first kappa shape index (κ1) is 12.4. The Kier molecular flexibility index (Phi) is 3.66. The Bertz CT molecular complexity index is 380. The largest absolute Gasteiger partial charge is 0.259 e. The molecule has 0 aliphatic carbocycles. The van der Waals surface area contributed by atoms with Gasteiger partial charge in [0.05, 0.1) is 15.7 Å². The van der Waals surface area contributed by atoms with Crippen LogP contribution in [0.2, 0.25) is 0 Å². The molecule has 0 saturated carbocycles. The average Bonchev–Trinajstić information content (AvgIpc) is 2.15. The monoisotopic (exact) mass is 225 g/mol. The summed E-state index contributed by atoms with van der Waals surface area (Å²) in [4.78, 5) is 5.25. The average molecular weight is 225 g/mol. The van der Waals surface area contributed by atoms with Crippen LogP contribution in [-0.2, 0) is 22.6 Å². The van der Waals surface area contributed by atoms with E-state index in [0.717, 1.165) is 22.6 Å². The summed E-state index contributed by atoms with van der Waals surface area (Å²) >= 11 is 0. The summed E-state index contributed by atoms with van der Waals surface area (Å²) in [5.74, 6) is 0. The molecule has 0 bridgehead atoms. The van der Waals surface area contributed by atoms with Crippen molar-refractivity contribution in [2.75, 3.05) is 6.26 Å². The minimum Gasteiger partial charge on any atom is -0.259 e. The molecular weight excluding hydrogens is 206 g/mol. The van der Waals surface area contributed by atoms with E-state index in [0.29, 0.717) is 0 Å². The lowest BCUT2D eigenvalue weighted by atomic mass is 9.90. The van der Waals surface area contributed by atoms with Crippen molar-refractivity contribution in [3.63, 3.8) is 0 Å². The maximum absolute atomic E-state index is 11.5.